The topological polar surface area (TPSA) is 15.3 Å². The minimum absolute atomic E-state index is 0.838. The van der Waals surface area contributed by atoms with Crippen molar-refractivity contribution in [2.45, 2.75) is 57.9 Å². The summed E-state index contributed by atoms with van der Waals surface area (Å²) in [5.74, 6) is 2.97. The van der Waals surface area contributed by atoms with E-state index in [4.69, 9.17) is 0 Å². The maximum Gasteiger partial charge on any atom is 0.0120 e. The monoisotopic (exact) mass is 250 g/mol. The third-order valence-corrected chi connectivity index (χ3v) is 5.64. The standard InChI is InChI=1S/C16H30N2/c1-13-3-2-4-14(11-13)5-8-17-16-7-10-18-9-6-15(16)12-18/h13-17H,2-12H2,1H3. The van der Waals surface area contributed by atoms with E-state index < -0.39 is 0 Å². The van der Waals surface area contributed by atoms with Gasteiger partial charge in [0.05, 0.1) is 0 Å². The van der Waals surface area contributed by atoms with Gasteiger partial charge in [-0.2, -0.15) is 0 Å². The van der Waals surface area contributed by atoms with Crippen LogP contribution in [0.25, 0.3) is 0 Å². The van der Waals surface area contributed by atoms with E-state index in [9.17, 15) is 0 Å². The average Bonchev–Trinajstić information content (AvgIpc) is 2.75. The summed E-state index contributed by atoms with van der Waals surface area (Å²) in [5.41, 5.74) is 0. The molecule has 5 unspecified atom stereocenters. The minimum atomic E-state index is 0.838. The number of hydrogen-bond donors (Lipinski definition) is 1. The molecule has 1 saturated carbocycles. The first-order chi connectivity index (χ1) is 8.81. The Morgan fingerprint density at radius 2 is 2.00 bits per heavy atom. The van der Waals surface area contributed by atoms with Crippen LogP contribution in [-0.4, -0.2) is 37.1 Å². The van der Waals surface area contributed by atoms with Gasteiger partial charge < -0.3 is 10.2 Å². The highest BCUT2D eigenvalue weighted by molar-refractivity contribution is 4.90. The van der Waals surface area contributed by atoms with Gasteiger partial charge in [-0.1, -0.05) is 26.2 Å². The van der Waals surface area contributed by atoms with E-state index in [1.807, 2.05) is 0 Å². The fourth-order valence-corrected chi connectivity index (χ4v) is 4.51. The quantitative estimate of drug-likeness (QED) is 0.825. The van der Waals surface area contributed by atoms with E-state index in [2.05, 4.69) is 17.1 Å². The van der Waals surface area contributed by atoms with E-state index in [1.165, 1.54) is 71.1 Å². The molecule has 2 saturated heterocycles. The van der Waals surface area contributed by atoms with Crippen LogP contribution in [0.2, 0.25) is 0 Å². The molecule has 0 aromatic heterocycles. The summed E-state index contributed by atoms with van der Waals surface area (Å²) in [6.07, 6.45) is 10.2. The second-order valence-electron chi connectivity index (χ2n) is 7.13. The van der Waals surface area contributed by atoms with Gasteiger partial charge in [0.25, 0.3) is 0 Å². The van der Waals surface area contributed by atoms with Crippen molar-refractivity contribution in [1.82, 2.24) is 10.2 Å². The lowest BCUT2D eigenvalue weighted by atomic mass is 9.81. The maximum atomic E-state index is 3.88. The molecule has 0 radical (unpaired) electrons. The Hall–Kier alpha value is -0.0800. The van der Waals surface area contributed by atoms with Gasteiger partial charge in [-0.25, -0.2) is 0 Å². The van der Waals surface area contributed by atoms with E-state index in [-0.39, 0.29) is 0 Å². The molecule has 0 aromatic rings. The molecule has 104 valence electrons. The summed E-state index contributed by atoms with van der Waals surface area (Å²) in [6, 6.07) is 0.838. The zero-order valence-corrected chi connectivity index (χ0v) is 12.0. The first-order valence-corrected chi connectivity index (χ1v) is 8.27. The summed E-state index contributed by atoms with van der Waals surface area (Å²) >= 11 is 0. The molecule has 1 N–H and O–H groups in total. The number of rotatable bonds is 4. The molecular weight excluding hydrogens is 220 g/mol. The third-order valence-electron chi connectivity index (χ3n) is 5.64. The minimum Gasteiger partial charge on any atom is -0.314 e. The molecular formula is C16H30N2. The smallest absolute Gasteiger partial charge is 0.0120 e. The van der Waals surface area contributed by atoms with E-state index >= 15 is 0 Å². The molecule has 5 atom stereocenters. The Balaban J connectivity index is 1.36. The van der Waals surface area contributed by atoms with Crippen molar-refractivity contribution in [3.05, 3.63) is 0 Å². The number of piperidine rings is 1. The maximum absolute atomic E-state index is 3.88. The second-order valence-corrected chi connectivity index (χ2v) is 7.13. The van der Waals surface area contributed by atoms with Gasteiger partial charge in [0.1, 0.15) is 0 Å². The highest BCUT2D eigenvalue weighted by Gasteiger charge is 2.33. The summed E-state index contributed by atoms with van der Waals surface area (Å²) in [6.45, 7) is 7.79. The molecule has 2 heteroatoms. The molecule has 2 nitrogen and oxygen atoms in total. The lowest BCUT2D eigenvalue weighted by Gasteiger charge is -2.32. The molecule has 0 spiro atoms. The van der Waals surface area contributed by atoms with Crippen LogP contribution in [0.5, 0.6) is 0 Å². The van der Waals surface area contributed by atoms with Crippen molar-refractivity contribution >= 4 is 0 Å². The molecule has 18 heavy (non-hydrogen) atoms. The van der Waals surface area contributed by atoms with Crippen LogP contribution in [0.1, 0.15) is 51.9 Å². The van der Waals surface area contributed by atoms with Crippen molar-refractivity contribution in [2.24, 2.45) is 17.8 Å². The lowest BCUT2D eigenvalue weighted by Crippen LogP contribution is -2.44. The van der Waals surface area contributed by atoms with Gasteiger partial charge in [-0.15, -0.1) is 0 Å². The van der Waals surface area contributed by atoms with Gasteiger partial charge in [0.2, 0.25) is 0 Å². The highest BCUT2D eigenvalue weighted by Crippen LogP contribution is 2.31. The molecule has 2 bridgehead atoms. The first-order valence-electron chi connectivity index (χ1n) is 8.27. The molecule has 1 aliphatic carbocycles. The van der Waals surface area contributed by atoms with Gasteiger partial charge in [0, 0.05) is 12.6 Å². The number of hydrogen-bond acceptors (Lipinski definition) is 2. The largest absolute Gasteiger partial charge is 0.314 e. The fourth-order valence-electron chi connectivity index (χ4n) is 4.51. The normalized spacial score (nSPS) is 44.2. The average molecular weight is 250 g/mol. The first kappa shape index (κ1) is 12.9. The number of nitrogens with one attached hydrogen (secondary N) is 1. The lowest BCUT2D eigenvalue weighted by molar-refractivity contribution is 0.212. The molecule has 2 heterocycles. The zero-order chi connectivity index (χ0) is 12.4. The second kappa shape index (κ2) is 5.92. The molecule has 3 aliphatic rings. The summed E-state index contributed by atoms with van der Waals surface area (Å²) < 4.78 is 0. The van der Waals surface area contributed by atoms with Gasteiger partial charge >= 0.3 is 0 Å². The summed E-state index contributed by atoms with van der Waals surface area (Å²) in [4.78, 5) is 2.64. The van der Waals surface area contributed by atoms with E-state index in [1.54, 1.807) is 0 Å². The van der Waals surface area contributed by atoms with Crippen LogP contribution in [0.15, 0.2) is 0 Å². The zero-order valence-electron chi connectivity index (χ0n) is 12.0. The van der Waals surface area contributed by atoms with Crippen molar-refractivity contribution in [1.29, 1.82) is 0 Å². The molecule has 2 aliphatic heterocycles. The Morgan fingerprint density at radius 3 is 2.89 bits per heavy atom. The van der Waals surface area contributed by atoms with Crippen LogP contribution in [-0.2, 0) is 0 Å². The molecule has 0 amide bonds. The Morgan fingerprint density at radius 1 is 1.11 bits per heavy atom. The highest BCUT2D eigenvalue weighted by atomic mass is 15.2. The third kappa shape index (κ3) is 3.08. The van der Waals surface area contributed by atoms with Crippen molar-refractivity contribution in [3.63, 3.8) is 0 Å². The predicted molar refractivity (Wildman–Crippen MR) is 76.7 cm³/mol. The molecule has 3 fully saturated rings. The number of fused-ring (bicyclic) bond motifs is 2. The van der Waals surface area contributed by atoms with Crippen LogP contribution in [0.4, 0.5) is 0 Å². The fraction of sp³-hybridized carbons (Fsp3) is 1.00. The van der Waals surface area contributed by atoms with E-state index in [0.717, 1.165) is 23.8 Å². The number of nitrogens with zero attached hydrogens (tertiary/aromatic N) is 1. The Kier molecular flexibility index (Phi) is 4.25. The van der Waals surface area contributed by atoms with E-state index in [0.29, 0.717) is 0 Å². The Labute approximate surface area is 113 Å². The molecule has 3 rings (SSSR count). The van der Waals surface area contributed by atoms with Crippen molar-refractivity contribution in [3.8, 4) is 0 Å². The SMILES string of the molecule is CC1CCCC(CCNC2CCN3CCC2C3)C1. The molecule has 0 aromatic carbocycles. The van der Waals surface area contributed by atoms with Gasteiger partial charge in [0.15, 0.2) is 0 Å². The van der Waals surface area contributed by atoms with Gasteiger partial charge in [-0.05, 0) is 63.1 Å². The van der Waals surface area contributed by atoms with Gasteiger partial charge in [-0.3, -0.25) is 0 Å². The van der Waals surface area contributed by atoms with Crippen LogP contribution < -0.4 is 5.32 Å². The predicted octanol–water partition coefficient (Wildman–Crippen LogP) is 2.89. The Bertz CT molecular complexity index is 266. The van der Waals surface area contributed by atoms with Crippen LogP contribution in [0, 0.1) is 17.8 Å². The summed E-state index contributed by atoms with van der Waals surface area (Å²) in [7, 11) is 0. The van der Waals surface area contributed by atoms with Crippen molar-refractivity contribution in [2.75, 3.05) is 26.2 Å². The van der Waals surface area contributed by atoms with Crippen LogP contribution in [0.3, 0.4) is 0 Å². The van der Waals surface area contributed by atoms with Crippen molar-refractivity contribution < 1.29 is 0 Å². The van der Waals surface area contributed by atoms with Crippen LogP contribution >= 0.6 is 0 Å². The summed E-state index contributed by atoms with van der Waals surface area (Å²) in [5, 5.41) is 3.88.